The molecule has 1 aliphatic carbocycles. The van der Waals surface area contributed by atoms with E-state index in [9.17, 15) is 14.7 Å². The molecule has 5 nitrogen and oxygen atoms in total. The van der Waals surface area contributed by atoms with E-state index in [1.807, 2.05) is 105 Å². The van der Waals surface area contributed by atoms with E-state index >= 15 is 0 Å². The van der Waals surface area contributed by atoms with E-state index in [4.69, 9.17) is 0 Å². The maximum absolute atomic E-state index is 13.5. The van der Waals surface area contributed by atoms with E-state index in [1.54, 1.807) is 6.92 Å². The van der Waals surface area contributed by atoms with Crippen LogP contribution >= 0.6 is 0 Å². The van der Waals surface area contributed by atoms with Crippen LogP contribution in [0.5, 0.6) is 0 Å². The Labute approximate surface area is 201 Å². The molecule has 0 spiro atoms. The van der Waals surface area contributed by atoms with Crippen molar-refractivity contribution in [3.63, 3.8) is 0 Å². The standard InChI is InChI=1S/C29H32N2O3/c1-27(2)24(19-20-28(27,3)26(33)34)25(32)30-31-29(21-13-7-4-8-14-21,22-15-9-5-10-16-22)23-17-11-6-12-18-23/h4-18,24,31H,19-20H2,1-3H3,(H,30,32)(H,33,34)/t24-,28+/m0/s1. The molecule has 1 amide bonds. The lowest BCUT2D eigenvalue weighted by Crippen LogP contribution is -2.56. The molecular formula is C29H32N2O3. The zero-order valence-corrected chi connectivity index (χ0v) is 19.9. The first-order valence-corrected chi connectivity index (χ1v) is 11.7. The third-order valence-electron chi connectivity index (χ3n) is 8.01. The van der Waals surface area contributed by atoms with Crippen molar-refractivity contribution in [1.82, 2.24) is 10.9 Å². The lowest BCUT2D eigenvalue weighted by atomic mass is 9.65. The fraction of sp³-hybridized carbons (Fsp3) is 0.310. The number of carbonyl (C=O) groups is 2. The maximum Gasteiger partial charge on any atom is 0.309 e. The molecule has 1 saturated carbocycles. The smallest absolute Gasteiger partial charge is 0.309 e. The van der Waals surface area contributed by atoms with Gasteiger partial charge in [-0.3, -0.25) is 15.0 Å². The predicted molar refractivity (Wildman–Crippen MR) is 133 cm³/mol. The van der Waals surface area contributed by atoms with Crippen molar-refractivity contribution < 1.29 is 14.7 Å². The van der Waals surface area contributed by atoms with Gasteiger partial charge in [-0.05, 0) is 41.9 Å². The second kappa shape index (κ2) is 9.07. The Bertz CT molecular complexity index is 1050. The van der Waals surface area contributed by atoms with Gasteiger partial charge in [-0.2, -0.15) is 0 Å². The van der Waals surface area contributed by atoms with E-state index < -0.39 is 28.3 Å². The summed E-state index contributed by atoms with van der Waals surface area (Å²) in [5.74, 6) is -1.48. The third-order valence-corrected chi connectivity index (χ3v) is 8.01. The summed E-state index contributed by atoms with van der Waals surface area (Å²) in [5.41, 5.74) is 6.87. The number of carboxylic acid groups (broad SMARTS) is 1. The SMILES string of the molecule is CC1(C)[C@H](C(=O)NNC(c2ccccc2)(c2ccccc2)c2ccccc2)CC[C@]1(C)C(=O)O. The summed E-state index contributed by atoms with van der Waals surface area (Å²) >= 11 is 0. The highest BCUT2D eigenvalue weighted by atomic mass is 16.4. The van der Waals surface area contributed by atoms with Crippen LogP contribution in [0.25, 0.3) is 0 Å². The van der Waals surface area contributed by atoms with E-state index in [0.29, 0.717) is 12.8 Å². The molecule has 2 atom stereocenters. The Hall–Kier alpha value is -3.44. The normalized spacial score (nSPS) is 21.7. The fourth-order valence-corrected chi connectivity index (χ4v) is 5.37. The summed E-state index contributed by atoms with van der Waals surface area (Å²) in [5, 5.41) is 9.87. The molecule has 0 aliphatic heterocycles. The monoisotopic (exact) mass is 456 g/mol. The van der Waals surface area contributed by atoms with Crippen molar-refractivity contribution >= 4 is 11.9 Å². The van der Waals surface area contributed by atoms with Crippen LogP contribution in [0.1, 0.15) is 50.3 Å². The number of nitrogens with one attached hydrogen (secondary N) is 2. The highest BCUT2D eigenvalue weighted by molar-refractivity contribution is 5.83. The van der Waals surface area contributed by atoms with Gasteiger partial charge in [-0.1, -0.05) is 105 Å². The van der Waals surface area contributed by atoms with Crippen molar-refractivity contribution in [2.75, 3.05) is 0 Å². The average Bonchev–Trinajstić information content (AvgIpc) is 3.11. The summed E-state index contributed by atoms with van der Waals surface area (Å²) in [7, 11) is 0. The molecule has 3 aromatic carbocycles. The number of hydrogen-bond acceptors (Lipinski definition) is 3. The van der Waals surface area contributed by atoms with Crippen LogP contribution in [0.2, 0.25) is 0 Å². The van der Waals surface area contributed by atoms with Crippen LogP contribution in [-0.4, -0.2) is 17.0 Å². The molecular weight excluding hydrogens is 424 g/mol. The Morgan fingerprint density at radius 2 is 1.21 bits per heavy atom. The van der Waals surface area contributed by atoms with Crippen LogP contribution in [0, 0.1) is 16.7 Å². The summed E-state index contributed by atoms with van der Waals surface area (Å²) in [4.78, 5) is 25.6. The van der Waals surface area contributed by atoms with Gasteiger partial charge in [0.15, 0.2) is 0 Å². The zero-order valence-electron chi connectivity index (χ0n) is 19.9. The predicted octanol–water partition coefficient (Wildman–Crippen LogP) is 5.13. The summed E-state index contributed by atoms with van der Waals surface area (Å²) in [6.45, 7) is 5.52. The van der Waals surface area contributed by atoms with Gasteiger partial charge in [-0.25, -0.2) is 5.43 Å². The molecule has 0 aromatic heterocycles. The number of aliphatic carboxylic acids is 1. The highest BCUT2D eigenvalue weighted by Gasteiger charge is 2.58. The summed E-state index contributed by atoms with van der Waals surface area (Å²) < 4.78 is 0. The van der Waals surface area contributed by atoms with Gasteiger partial charge >= 0.3 is 5.97 Å². The number of hydrogen-bond donors (Lipinski definition) is 3. The van der Waals surface area contributed by atoms with Crippen molar-refractivity contribution in [3.8, 4) is 0 Å². The van der Waals surface area contributed by atoms with E-state index in [1.165, 1.54) is 0 Å². The number of rotatable bonds is 7. The van der Waals surface area contributed by atoms with E-state index in [-0.39, 0.29) is 5.91 Å². The van der Waals surface area contributed by atoms with Gasteiger partial charge in [0.2, 0.25) is 5.91 Å². The molecule has 1 fully saturated rings. The van der Waals surface area contributed by atoms with Crippen LogP contribution < -0.4 is 10.9 Å². The zero-order chi connectivity index (χ0) is 24.4. The van der Waals surface area contributed by atoms with Gasteiger partial charge in [0, 0.05) is 5.92 Å². The first kappa shape index (κ1) is 23.7. The van der Waals surface area contributed by atoms with Crippen LogP contribution in [0.3, 0.4) is 0 Å². The molecule has 176 valence electrons. The molecule has 3 N–H and O–H groups in total. The molecule has 0 bridgehead atoms. The lowest BCUT2D eigenvalue weighted by Gasteiger charge is -2.40. The van der Waals surface area contributed by atoms with Gasteiger partial charge in [0.1, 0.15) is 5.54 Å². The second-order valence-electron chi connectivity index (χ2n) is 9.91. The number of carbonyl (C=O) groups excluding carboxylic acids is 1. The molecule has 0 unspecified atom stereocenters. The molecule has 0 saturated heterocycles. The fourth-order valence-electron chi connectivity index (χ4n) is 5.37. The Kier molecular flexibility index (Phi) is 6.32. The Balaban J connectivity index is 1.75. The summed E-state index contributed by atoms with van der Waals surface area (Å²) in [6.07, 6.45) is 0.993. The number of benzene rings is 3. The number of carboxylic acids is 1. The third kappa shape index (κ3) is 3.80. The molecule has 0 heterocycles. The van der Waals surface area contributed by atoms with Crippen molar-refractivity contribution in [2.45, 2.75) is 39.2 Å². The highest BCUT2D eigenvalue weighted by Crippen LogP contribution is 2.56. The molecule has 1 aliphatic rings. The van der Waals surface area contributed by atoms with Crippen molar-refractivity contribution in [3.05, 3.63) is 108 Å². The number of amides is 1. The second-order valence-corrected chi connectivity index (χ2v) is 9.91. The lowest BCUT2D eigenvalue weighted by molar-refractivity contribution is -0.155. The first-order chi connectivity index (χ1) is 16.2. The van der Waals surface area contributed by atoms with Crippen LogP contribution in [0.4, 0.5) is 0 Å². The molecule has 3 aromatic rings. The molecule has 0 radical (unpaired) electrons. The largest absolute Gasteiger partial charge is 0.481 e. The first-order valence-electron chi connectivity index (χ1n) is 11.7. The van der Waals surface area contributed by atoms with Gasteiger partial charge in [0.05, 0.1) is 5.41 Å². The van der Waals surface area contributed by atoms with E-state index in [0.717, 1.165) is 16.7 Å². The average molecular weight is 457 g/mol. The minimum Gasteiger partial charge on any atom is -0.481 e. The Morgan fingerprint density at radius 1 is 0.794 bits per heavy atom. The maximum atomic E-state index is 13.5. The topological polar surface area (TPSA) is 78.4 Å². The number of hydrazine groups is 1. The van der Waals surface area contributed by atoms with Crippen molar-refractivity contribution in [1.29, 1.82) is 0 Å². The Morgan fingerprint density at radius 3 is 1.56 bits per heavy atom. The van der Waals surface area contributed by atoms with Gasteiger partial charge in [0.25, 0.3) is 0 Å². The van der Waals surface area contributed by atoms with Crippen molar-refractivity contribution in [2.24, 2.45) is 16.7 Å². The minimum atomic E-state index is -0.954. The molecule has 5 heteroatoms. The van der Waals surface area contributed by atoms with E-state index in [2.05, 4.69) is 10.9 Å². The minimum absolute atomic E-state index is 0.192. The summed E-state index contributed by atoms with van der Waals surface area (Å²) in [6, 6.07) is 30.1. The quantitative estimate of drug-likeness (QED) is 0.340. The molecule has 4 rings (SSSR count). The van der Waals surface area contributed by atoms with Crippen LogP contribution in [-0.2, 0) is 15.1 Å². The van der Waals surface area contributed by atoms with Crippen LogP contribution in [0.15, 0.2) is 91.0 Å². The van der Waals surface area contributed by atoms with Gasteiger partial charge in [-0.15, -0.1) is 0 Å². The molecule has 34 heavy (non-hydrogen) atoms. The van der Waals surface area contributed by atoms with Gasteiger partial charge < -0.3 is 5.11 Å².